The topological polar surface area (TPSA) is 42.7 Å². The molecule has 1 rings (SSSR count). The third kappa shape index (κ3) is 10.5. The maximum absolute atomic E-state index is 4.27. The van der Waals surface area contributed by atoms with E-state index in [9.17, 15) is 0 Å². The van der Waals surface area contributed by atoms with E-state index in [-0.39, 0.29) is 0 Å². The monoisotopic (exact) mass is 294 g/mol. The van der Waals surface area contributed by atoms with Crippen LogP contribution < -0.4 is 5.32 Å². The molecule has 0 bridgehead atoms. The minimum atomic E-state index is 0.929. The van der Waals surface area contributed by atoms with Crippen LogP contribution in [-0.4, -0.2) is 27.9 Å². The molecule has 0 aliphatic carbocycles. The number of unbranched alkanes of at least 4 members (excludes halogenated alkanes) is 9. The SMILES string of the molecule is CCCCCCCCCCCCNCCc1ncn(C)n1. The van der Waals surface area contributed by atoms with Crippen LogP contribution >= 0.6 is 0 Å². The van der Waals surface area contributed by atoms with Crippen LogP contribution in [0.4, 0.5) is 0 Å². The van der Waals surface area contributed by atoms with Crippen molar-refractivity contribution in [1.82, 2.24) is 20.1 Å². The summed E-state index contributed by atoms with van der Waals surface area (Å²) in [7, 11) is 1.91. The van der Waals surface area contributed by atoms with Crippen molar-refractivity contribution in [1.29, 1.82) is 0 Å². The zero-order valence-electron chi connectivity index (χ0n) is 14.1. The van der Waals surface area contributed by atoms with E-state index in [4.69, 9.17) is 0 Å². The van der Waals surface area contributed by atoms with Gasteiger partial charge < -0.3 is 5.32 Å². The van der Waals surface area contributed by atoms with Gasteiger partial charge in [-0.25, -0.2) is 4.98 Å². The Bertz CT molecular complexity index is 335. The van der Waals surface area contributed by atoms with Gasteiger partial charge in [0.25, 0.3) is 0 Å². The van der Waals surface area contributed by atoms with Crippen molar-refractivity contribution in [2.75, 3.05) is 13.1 Å². The molecule has 4 heteroatoms. The summed E-state index contributed by atoms with van der Waals surface area (Å²) in [5.74, 6) is 0.938. The van der Waals surface area contributed by atoms with Crippen LogP contribution in [0.3, 0.4) is 0 Å². The third-order valence-electron chi connectivity index (χ3n) is 3.88. The number of aryl methyl sites for hydroxylation is 1. The molecule has 0 aromatic carbocycles. The molecule has 0 fully saturated rings. The molecular weight excluding hydrogens is 260 g/mol. The van der Waals surface area contributed by atoms with E-state index >= 15 is 0 Å². The number of nitrogens with zero attached hydrogens (tertiary/aromatic N) is 3. The largest absolute Gasteiger partial charge is 0.316 e. The highest BCUT2D eigenvalue weighted by molar-refractivity contribution is 4.81. The van der Waals surface area contributed by atoms with Crippen molar-refractivity contribution in [2.24, 2.45) is 7.05 Å². The van der Waals surface area contributed by atoms with Crippen LogP contribution in [0.5, 0.6) is 0 Å². The fourth-order valence-electron chi connectivity index (χ4n) is 2.56. The second kappa shape index (κ2) is 12.8. The number of nitrogens with one attached hydrogen (secondary N) is 1. The molecule has 0 aliphatic rings. The van der Waals surface area contributed by atoms with Crippen molar-refractivity contribution < 1.29 is 0 Å². The summed E-state index contributed by atoms with van der Waals surface area (Å²) in [6.45, 7) is 4.39. The van der Waals surface area contributed by atoms with E-state index in [1.165, 1.54) is 64.2 Å². The van der Waals surface area contributed by atoms with Gasteiger partial charge in [-0.3, -0.25) is 4.68 Å². The van der Waals surface area contributed by atoms with Gasteiger partial charge in [-0.1, -0.05) is 64.7 Å². The molecule has 4 nitrogen and oxygen atoms in total. The quantitative estimate of drug-likeness (QED) is 0.530. The predicted octanol–water partition coefficient (Wildman–Crippen LogP) is 3.87. The third-order valence-corrected chi connectivity index (χ3v) is 3.88. The van der Waals surface area contributed by atoms with Gasteiger partial charge in [0.1, 0.15) is 6.33 Å². The summed E-state index contributed by atoms with van der Waals surface area (Å²) >= 11 is 0. The molecule has 1 heterocycles. The number of hydrogen-bond donors (Lipinski definition) is 1. The van der Waals surface area contributed by atoms with E-state index < -0.39 is 0 Å². The molecule has 0 saturated carbocycles. The Labute approximate surface area is 130 Å². The van der Waals surface area contributed by atoms with Gasteiger partial charge in [-0.2, -0.15) is 5.10 Å². The summed E-state index contributed by atoms with van der Waals surface area (Å²) in [6, 6.07) is 0. The highest BCUT2D eigenvalue weighted by Crippen LogP contribution is 2.10. The van der Waals surface area contributed by atoms with Crippen LogP contribution in [0.25, 0.3) is 0 Å². The zero-order valence-corrected chi connectivity index (χ0v) is 14.1. The Morgan fingerprint density at radius 3 is 2.10 bits per heavy atom. The van der Waals surface area contributed by atoms with Gasteiger partial charge >= 0.3 is 0 Å². The molecule has 0 radical (unpaired) electrons. The highest BCUT2D eigenvalue weighted by Gasteiger charge is 1.97. The molecule has 1 N–H and O–H groups in total. The molecule has 0 atom stereocenters. The summed E-state index contributed by atoms with van der Waals surface area (Å²) in [4.78, 5) is 4.22. The van der Waals surface area contributed by atoms with Gasteiger partial charge in [0.05, 0.1) is 0 Å². The van der Waals surface area contributed by atoms with Crippen molar-refractivity contribution in [3.63, 3.8) is 0 Å². The molecule has 0 spiro atoms. The Kier molecular flexibility index (Phi) is 11.1. The van der Waals surface area contributed by atoms with E-state index in [0.29, 0.717) is 0 Å². The van der Waals surface area contributed by atoms with Crippen molar-refractivity contribution in [3.05, 3.63) is 12.2 Å². The van der Waals surface area contributed by atoms with E-state index in [2.05, 4.69) is 22.3 Å². The van der Waals surface area contributed by atoms with Crippen LogP contribution in [0.15, 0.2) is 6.33 Å². The first-order valence-corrected chi connectivity index (χ1v) is 8.88. The summed E-state index contributed by atoms with van der Waals surface area (Å²) in [6.07, 6.45) is 16.7. The summed E-state index contributed by atoms with van der Waals surface area (Å²) in [5, 5.41) is 7.75. The normalized spacial score (nSPS) is 11.1. The highest BCUT2D eigenvalue weighted by atomic mass is 15.3. The van der Waals surface area contributed by atoms with Crippen molar-refractivity contribution in [3.8, 4) is 0 Å². The second-order valence-corrected chi connectivity index (χ2v) is 6.02. The number of aromatic nitrogens is 3. The van der Waals surface area contributed by atoms with Crippen LogP contribution in [0.1, 0.15) is 77.0 Å². The van der Waals surface area contributed by atoms with Crippen LogP contribution in [-0.2, 0) is 13.5 Å². The lowest BCUT2D eigenvalue weighted by atomic mass is 10.1. The Hall–Kier alpha value is -0.900. The first kappa shape index (κ1) is 18.1. The van der Waals surface area contributed by atoms with E-state index in [0.717, 1.165) is 25.3 Å². The Morgan fingerprint density at radius 1 is 0.905 bits per heavy atom. The standard InChI is InChI=1S/C17H34N4/c1-3-4-5-6-7-8-9-10-11-12-14-18-15-13-17-19-16-21(2)20-17/h16,18H,3-15H2,1-2H3. The van der Waals surface area contributed by atoms with Crippen molar-refractivity contribution in [2.45, 2.75) is 77.6 Å². The Balaban J connectivity index is 1.74. The average Bonchev–Trinajstić information content (AvgIpc) is 2.89. The minimum Gasteiger partial charge on any atom is -0.316 e. The van der Waals surface area contributed by atoms with E-state index in [1.807, 2.05) is 7.05 Å². The van der Waals surface area contributed by atoms with Gasteiger partial charge in [-0.15, -0.1) is 0 Å². The molecule has 1 aromatic heterocycles. The fraction of sp³-hybridized carbons (Fsp3) is 0.882. The maximum Gasteiger partial charge on any atom is 0.151 e. The number of hydrogen-bond acceptors (Lipinski definition) is 3. The molecule has 1 aromatic rings. The number of rotatable bonds is 14. The van der Waals surface area contributed by atoms with Gasteiger partial charge in [0.2, 0.25) is 0 Å². The minimum absolute atomic E-state index is 0.929. The maximum atomic E-state index is 4.27. The first-order valence-electron chi connectivity index (χ1n) is 8.88. The summed E-state index contributed by atoms with van der Waals surface area (Å²) in [5.41, 5.74) is 0. The van der Waals surface area contributed by atoms with E-state index in [1.54, 1.807) is 11.0 Å². The fourth-order valence-corrected chi connectivity index (χ4v) is 2.56. The molecule has 122 valence electrons. The van der Waals surface area contributed by atoms with Gasteiger partial charge in [0.15, 0.2) is 5.82 Å². The first-order chi connectivity index (χ1) is 10.3. The lowest BCUT2D eigenvalue weighted by Gasteiger charge is -2.04. The predicted molar refractivity (Wildman–Crippen MR) is 89.4 cm³/mol. The summed E-state index contributed by atoms with van der Waals surface area (Å²) < 4.78 is 1.76. The molecule has 0 unspecified atom stereocenters. The van der Waals surface area contributed by atoms with Crippen LogP contribution in [0.2, 0.25) is 0 Å². The average molecular weight is 294 g/mol. The molecule has 0 amide bonds. The molecule has 0 saturated heterocycles. The smallest absolute Gasteiger partial charge is 0.151 e. The van der Waals surface area contributed by atoms with Crippen molar-refractivity contribution >= 4 is 0 Å². The Morgan fingerprint density at radius 2 is 1.52 bits per heavy atom. The lowest BCUT2D eigenvalue weighted by molar-refractivity contribution is 0.543. The van der Waals surface area contributed by atoms with Crippen LogP contribution in [0, 0.1) is 0 Å². The van der Waals surface area contributed by atoms with Gasteiger partial charge in [-0.05, 0) is 13.0 Å². The van der Waals surface area contributed by atoms with Gasteiger partial charge in [0, 0.05) is 20.0 Å². The molecular formula is C17H34N4. The lowest BCUT2D eigenvalue weighted by Crippen LogP contribution is -2.19. The molecule has 0 aliphatic heterocycles. The second-order valence-electron chi connectivity index (χ2n) is 6.02. The zero-order chi connectivity index (χ0) is 15.2. The molecule has 21 heavy (non-hydrogen) atoms.